The third kappa shape index (κ3) is 3.35. The fraction of sp³-hybridized carbons (Fsp3) is 1.00. The highest BCUT2D eigenvalue weighted by atomic mass is 16.8. The second-order valence-corrected chi connectivity index (χ2v) is 4.05. The smallest absolute Gasteiger partial charge is 0.189 e. The molecule has 0 amide bonds. The number of methoxy groups -OCH3 is 1. The topological polar surface area (TPSA) is 109 Å². The maximum Gasteiger partial charge on any atom is 0.189 e. The summed E-state index contributed by atoms with van der Waals surface area (Å²) in [5.74, 6) is -1.93. The maximum absolute atomic E-state index is 9.78. The minimum atomic E-state index is -2.84. The zero-order valence-corrected chi connectivity index (χ0v) is 9.31. The molecule has 0 spiro atoms. The van der Waals surface area contributed by atoms with E-state index in [4.69, 9.17) is 20.1 Å². The van der Waals surface area contributed by atoms with Gasteiger partial charge in [0.05, 0.1) is 10.7 Å². The highest BCUT2D eigenvalue weighted by molar-refractivity contribution is 4.89. The van der Waals surface area contributed by atoms with Gasteiger partial charge in [0.2, 0.25) is 0 Å². The molecular weight excluding hydrogens is 232 g/mol. The van der Waals surface area contributed by atoms with Crippen LogP contribution in [-0.4, -0.2) is 70.6 Å². The molecule has 0 bridgehead atoms. The van der Waals surface area contributed by atoms with E-state index < -0.39 is 57.0 Å². The van der Waals surface area contributed by atoms with Crippen LogP contribution in [0.3, 0.4) is 0 Å². The Hall–Kier alpha value is -0.280. The molecule has 1 heterocycles. The van der Waals surface area contributed by atoms with E-state index in [-0.39, 0.29) is 0 Å². The summed E-state index contributed by atoms with van der Waals surface area (Å²) in [4.78, 5) is 0. The normalized spacial score (nSPS) is 46.3. The van der Waals surface area contributed by atoms with Crippen molar-refractivity contribution in [1.29, 1.82) is 0 Å². The monoisotopic (exact) mass is 256 g/mol. The number of aliphatic hydroxyl groups excluding tert-OH is 4. The minimum absolute atomic E-state index is 0.625. The first-order valence-corrected chi connectivity index (χ1v) is 5.01. The molecular formula is C10H20O7. The lowest BCUT2D eigenvalue weighted by Crippen LogP contribution is -2.60. The van der Waals surface area contributed by atoms with E-state index in [0.29, 0.717) is 0 Å². The van der Waals surface area contributed by atoms with Crippen molar-refractivity contribution in [3.63, 3.8) is 0 Å². The molecule has 1 rings (SSSR count). The Kier molecular flexibility index (Phi) is 3.16. The molecule has 1 aliphatic heterocycles. The van der Waals surface area contributed by atoms with Gasteiger partial charge in [-0.3, -0.25) is 0 Å². The molecule has 1 fully saturated rings. The number of ether oxygens (including phenoxy) is 3. The predicted octanol–water partition coefficient (Wildman–Crippen LogP) is -1.81. The highest BCUT2D eigenvalue weighted by Gasteiger charge is 2.45. The number of hydrogen-bond donors (Lipinski definition) is 4. The van der Waals surface area contributed by atoms with E-state index in [0.717, 1.165) is 6.92 Å². The first-order chi connectivity index (χ1) is 9.53. The Morgan fingerprint density at radius 1 is 1.29 bits per heavy atom. The Morgan fingerprint density at radius 3 is 2.53 bits per heavy atom. The van der Waals surface area contributed by atoms with Crippen molar-refractivity contribution in [2.45, 2.75) is 50.3 Å². The van der Waals surface area contributed by atoms with Gasteiger partial charge in [-0.05, 0) is 13.8 Å². The molecule has 7 heteroatoms. The van der Waals surface area contributed by atoms with Crippen LogP contribution in [0.4, 0.5) is 0 Å². The predicted molar refractivity (Wildman–Crippen MR) is 55.9 cm³/mol. The minimum Gasteiger partial charge on any atom is -0.394 e. The van der Waals surface area contributed by atoms with Crippen LogP contribution < -0.4 is 0 Å². The summed E-state index contributed by atoms with van der Waals surface area (Å²) in [5, 5.41) is 38.0. The molecule has 0 radical (unpaired) electrons. The van der Waals surface area contributed by atoms with Crippen LogP contribution in [0.1, 0.15) is 19.3 Å². The lowest BCUT2D eigenvalue weighted by molar-refractivity contribution is -0.357. The average molecular weight is 256 g/mol. The highest BCUT2D eigenvalue weighted by Crippen LogP contribution is 2.25. The zero-order chi connectivity index (χ0) is 16.4. The lowest BCUT2D eigenvalue weighted by Gasteiger charge is -2.42. The molecule has 1 unspecified atom stereocenters. The number of hydrogen-bond acceptors (Lipinski definition) is 7. The van der Waals surface area contributed by atoms with E-state index in [9.17, 15) is 15.3 Å². The molecule has 1 saturated heterocycles. The second-order valence-electron chi connectivity index (χ2n) is 4.05. The quantitative estimate of drug-likeness (QED) is 0.439. The van der Waals surface area contributed by atoms with Gasteiger partial charge in [0.1, 0.15) is 24.4 Å². The van der Waals surface area contributed by atoms with Gasteiger partial charge >= 0.3 is 0 Å². The summed E-state index contributed by atoms with van der Waals surface area (Å²) in [6, 6.07) is 0. The van der Waals surface area contributed by atoms with Gasteiger partial charge in [0.25, 0.3) is 0 Å². The van der Waals surface area contributed by atoms with Crippen molar-refractivity contribution in [3.8, 4) is 0 Å². The molecule has 7 nitrogen and oxygen atoms in total. The maximum atomic E-state index is 9.78. The molecule has 102 valence electrons. The average Bonchev–Trinajstić information content (AvgIpc) is 2.37. The Labute approximate surface area is 105 Å². The summed E-state index contributed by atoms with van der Waals surface area (Å²) < 4.78 is 43.2. The molecule has 1 aliphatic rings. The van der Waals surface area contributed by atoms with Gasteiger partial charge in [-0.15, -0.1) is 0 Å². The zero-order valence-electron chi connectivity index (χ0n) is 13.3. The van der Waals surface area contributed by atoms with E-state index >= 15 is 0 Å². The molecule has 17 heavy (non-hydrogen) atoms. The molecule has 6 atom stereocenters. The molecule has 0 aromatic carbocycles. The van der Waals surface area contributed by atoms with E-state index in [1.165, 1.54) is 0 Å². The summed E-state index contributed by atoms with van der Waals surface area (Å²) in [6.45, 7) is -0.114. The van der Waals surface area contributed by atoms with Crippen LogP contribution in [0, 0.1) is 0 Å². The number of rotatable bonds is 4. The molecule has 0 aliphatic carbocycles. The van der Waals surface area contributed by atoms with Gasteiger partial charge in [-0.25, -0.2) is 0 Å². The fourth-order valence-electron chi connectivity index (χ4n) is 1.43. The summed E-state index contributed by atoms with van der Waals surface area (Å²) >= 11 is 0. The van der Waals surface area contributed by atoms with Crippen molar-refractivity contribution < 1.29 is 40.1 Å². The van der Waals surface area contributed by atoms with Gasteiger partial charge in [0, 0.05) is 8.41 Å². The fourth-order valence-corrected chi connectivity index (χ4v) is 1.43. The molecule has 0 saturated carbocycles. The van der Waals surface area contributed by atoms with E-state index in [1.54, 1.807) is 0 Å². The summed E-state index contributed by atoms with van der Waals surface area (Å²) in [6.07, 6.45) is -7.69. The van der Waals surface area contributed by atoms with Gasteiger partial charge < -0.3 is 34.6 Å². The first kappa shape index (κ1) is 9.62. The Morgan fingerprint density at radius 2 is 2.00 bits per heavy atom. The largest absolute Gasteiger partial charge is 0.394 e. The van der Waals surface area contributed by atoms with Crippen molar-refractivity contribution in [2.75, 3.05) is 13.6 Å². The van der Waals surface area contributed by atoms with Crippen molar-refractivity contribution in [2.24, 2.45) is 0 Å². The van der Waals surface area contributed by atoms with Gasteiger partial charge in [-0.2, -0.15) is 0 Å². The van der Waals surface area contributed by atoms with E-state index in [2.05, 4.69) is 4.74 Å². The first-order valence-electron chi connectivity index (χ1n) is 7.21. The Bertz CT molecular complexity index is 340. The number of aliphatic hydroxyl groups is 4. The third-order valence-electron chi connectivity index (χ3n) is 2.43. The standard InChI is InChI=1S/C10H20O7/c1-10(2,15-3)17-9-8(14)7(13)6(12)5(4-11)16-9/h5-9,11-14H,4H2,1-3H3/t5-,6-,7+,8-,9+/m1/s1/i1D,3D3/t5-,6-,7+,8-,9+,10?. The molecule has 0 aromatic heterocycles. The van der Waals surface area contributed by atoms with Crippen molar-refractivity contribution >= 4 is 0 Å². The molecule has 0 aromatic rings. The van der Waals surface area contributed by atoms with Crippen LogP contribution in [0.25, 0.3) is 0 Å². The van der Waals surface area contributed by atoms with Crippen LogP contribution >= 0.6 is 0 Å². The van der Waals surface area contributed by atoms with Crippen LogP contribution in [-0.2, 0) is 14.2 Å². The van der Waals surface area contributed by atoms with E-state index in [1.807, 2.05) is 0 Å². The van der Waals surface area contributed by atoms with Crippen molar-refractivity contribution in [3.05, 3.63) is 0 Å². The summed E-state index contributed by atoms with van der Waals surface area (Å²) in [5.41, 5.74) is 0. The van der Waals surface area contributed by atoms with Gasteiger partial charge in [-0.1, -0.05) is 0 Å². The van der Waals surface area contributed by atoms with Crippen LogP contribution in [0.15, 0.2) is 0 Å². The summed E-state index contributed by atoms with van der Waals surface area (Å²) in [7, 11) is -2.84. The Balaban J connectivity index is 2.83. The van der Waals surface area contributed by atoms with Crippen molar-refractivity contribution in [1.82, 2.24) is 0 Å². The second kappa shape index (κ2) is 5.57. The van der Waals surface area contributed by atoms with Crippen LogP contribution in [0.2, 0.25) is 0 Å². The van der Waals surface area contributed by atoms with Gasteiger partial charge in [0.15, 0.2) is 12.1 Å². The lowest BCUT2D eigenvalue weighted by atomic mass is 9.99. The SMILES string of the molecule is [2H]CC(C)(O[C@@H]1O[C@H](CO)[C@@H](O)[C@H](O)[C@H]1O)OC([2H])([2H])[2H]. The molecule has 4 N–H and O–H groups in total. The third-order valence-corrected chi connectivity index (χ3v) is 2.43. The van der Waals surface area contributed by atoms with Crippen LogP contribution in [0.5, 0.6) is 0 Å².